The van der Waals surface area contributed by atoms with E-state index < -0.39 is 6.04 Å². The van der Waals surface area contributed by atoms with E-state index in [1.54, 1.807) is 11.0 Å². The molecule has 1 aromatic rings. The Morgan fingerprint density at radius 1 is 1.35 bits per heavy atom. The van der Waals surface area contributed by atoms with Crippen molar-refractivity contribution >= 4 is 24.2 Å². The van der Waals surface area contributed by atoms with Gasteiger partial charge >= 0.3 is 0 Å². The largest absolute Gasteiger partial charge is 0.472 e. The molecule has 1 aliphatic heterocycles. The minimum Gasteiger partial charge on any atom is -0.472 e. The van der Waals surface area contributed by atoms with Crippen molar-refractivity contribution in [2.75, 3.05) is 13.1 Å². The smallest absolute Gasteiger partial charge is 0.257 e. The standard InChI is InChI=1S/C16H25N3O3.ClH/c1-16(2,3)13(17)14(20)18-12-4-7-19(8-5-12)15(21)11-6-9-22-10-11;/h6,9-10,12-13H,4-5,7-8,17H2,1-3H3,(H,18,20);1H/t13-;/m1./s1. The molecule has 0 aliphatic carbocycles. The molecule has 0 saturated carbocycles. The molecule has 130 valence electrons. The third-order valence-corrected chi connectivity index (χ3v) is 4.11. The van der Waals surface area contributed by atoms with Crippen LogP contribution in [0.5, 0.6) is 0 Å². The van der Waals surface area contributed by atoms with Gasteiger partial charge in [0, 0.05) is 19.1 Å². The SMILES string of the molecule is CC(C)(C)[C@H](N)C(=O)NC1CCN(C(=O)c2ccoc2)CC1.Cl. The van der Waals surface area contributed by atoms with Crippen molar-refractivity contribution in [3.8, 4) is 0 Å². The number of piperidine rings is 1. The van der Waals surface area contributed by atoms with E-state index in [0.29, 0.717) is 18.7 Å². The molecule has 0 aromatic carbocycles. The minimum absolute atomic E-state index is 0. The Balaban J connectivity index is 0.00000264. The summed E-state index contributed by atoms with van der Waals surface area (Å²) in [6.45, 7) is 7.09. The Hall–Kier alpha value is -1.53. The number of carbonyl (C=O) groups is 2. The van der Waals surface area contributed by atoms with Crippen LogP contribution in [0.1, 0.15) is 44.0 Å². The maximum absolute atomic E-state index is 12.2. The van der Waals surface area contributed by atoms with E-state index in [1.807, 2.05) is 20.8 Å². The highest BCUT2D eigenvalue weighted by atomic mass is 35.5. The van der Waals surface area contributed by atoms with Crippen LogP contribution in [-0.2, 0) is 4.79 Å². The molecule has 6 nitrogen and oxygen atoms in total. The van der Waals surface area contributed by atoms with Crippen molar-refractivity contribution in [2.45, 2.75) is 45.7 Å². The molecule has 2 heterocycles. The van der Waals surface area contributed by atoms with Gasteiger partial charge in [0.1, 0.15) is 6.26 Å². The van der Waals surface area contributed by atoms with Crippen LogP contribution in [0.25, 0.3) is 0 Å². The number of rotatable bonds is 3. The van der Waals surface area contributed by atoms with Crippen LogP contribution in [0.4, 0.5) is 0 Å². The van der Waals surface area contributed by atoms with Gasteiger partial charge in [0.05, 0.1) is 17.9 Å². The molecule has 3 N–H and O–H groups in total. The fourth-order valence-electron chi connectivity index (χ4n) is 2.48. The molecule has 1 saturated heterocycles. The molecule has 23 heavy (non-hydrogen) atoms. The van der Waals surface area contributed by atoms with Gasteiger partial charge in [-0.2, -0.15) is 0 Å². The van der Waals surface area contributed by atoms with E-state index in [-0.39, 0.29) is 35.7 Å². The lowest BCUT2D eigenvalue weighted by Gasteiger charge is -2.34. The van der Waals surface area contributed by atoms with E-state index in [4.69, 9.17) is 10.2 Å². The summed E-state index contributed by atoms with van der Waals surface area (Å²) in [4.78, 5) is 26.1. The summed E-state index contributed by atoms with van der Waals surface area (Å²) in [6.07, 6.45) is 4.44. The number of nitrogens with two attached hydrogens (primary N) is 1. The van der Waals surface area contributed by atoms with Crippen molar-refractivity contribution in [1.82, 2.24) is 10.2 Å². The molecular formula is C16H26ClN3O3. The van der Waals surface area contributed by atoms with E-state index in [0.717, 1.165) is 12.8 Å². The first kappa shape index (κ1) is 19.5. The number of hydrogen-bond acceptors (Lipinski definition) is 4. The highest BCUT2D eigenvalue weighted by molar-refractivity contribution is 5.93. The molecule has 2 rings (SSSR count). The predicted molar refractivity (Wildman–Crippen MR) is 90.5 cm³/mol. The van der Waals surface area contributed by atoms with Gasteiger partial charge in [0.2, 0.25) is 5.91 Å². The third kappa shape index (κ3) is 4.97. The second-order valence-electron chi connectivity index (χ2n) is 6.93. The second kappa shape index (κ2) is 7.84. The topological polar surface area (TPSA) is 88.6 Å². The van der Waals surface area contributed by atoms with Crippen LogP contribution >= 0.6 is 12.4 Å². The van der Waals surface area contributed by atoms with Crippen LogP contribution in [0.3, 0.4) is 0 Å². The maximum Gasteiger partial charge on any atom is 0.257 e. The molecular weight excluding hydrogens is 318 g/mol. The van der Waals surface area contributed by atoms with Gasteiger partial charge in [-0.1, -0.05) is 20.8 Å². The summed E-state index contributed by atoms with van der Waals surface area (Å²) in [5.41, 5.74) is 6.27. The number of nitrogens with one attached hydrogen (secondary N) is 1. The normalized spacial score (nSPS) is 17.3. The van der Waals surface area contributed by atoms with E-state index >= 15 is 0 Å². The highest BCUT2D eigenvalue weighted by Gasteiger charge is 2.30. The summed E-state index contributed by atoms with van der Waals surface area (Å²) in [5, 5.41) is 3.00. The van der Waals surface area contributed by atoms with Crippen molar-refractivity contribution in [3.63, 3.8) is 0 Å². The first-order valence-corrected chi connectivity index (χ1v) is 7.66. The van der Waals surface area contributed by atoms with Gasteiger partial charge in [0.25, 0.3) is 5.91 Å². The lowest BCUT2D eigenvalue weighted by Crippen LogP contribution is -2.54. The Labute approximate surface area is 143 Å². The summed E-state index contributed by atoms with van der Waals surface area (Å²) in [6, 6.07) is 1.21. The first-order chi connectivity index (χ1) is 10.3. The quantitative estimate of drug-likeness (QED) is 0.875. The molecule has 0 radical (unpaired) electrons. The van der Waals surface area contributed by atoms with Crippen molar-refractivity contribution < 1.29 is 14.0 Å². The summed E-state index contributed by atoms with van der Waals surface area (Å²) < 4.78 is 4.94. The number of amides is 2. The molecule has 0 spiro atoms. The molecule has 1 fully saturated rings. The zero-order chi connectivity index (χ0) is 16.3. The fourth-order valence-corrected chi connectivity index (χ4v) is 2.48. The van der Waals surface area contributed by atoms with Gasteiger partial charge in [-0.05, 0) is 24.3 Å². The Bertz CT molecular complexity index is 517. The molecule has 2 amide bonds. The van der Waals surface area contributed by atoms with E-state index in [9.17, 15) is 9.59 Å². The monoisotopic (exact) mass is 343 g/mol. The number of furan rings is 1. The number of hydrogen-bond donors (Lipinski definition) is 2. The van der Waals surface area contributed by atoms with Crippen LogP contribution in [-0.4, -0.2) is 41.9 Å². The first-order valence-electron chi connectivity index (χ1n) is 7.66. The number of nitrogens with zero attached hydrogens (tertiary/aromatic N) is 1. The van der Waals surface area contributed by atoms with Gasteiger partial charge in [-0.3, -0.25) is 9.59 Å². The van der Waals surface area contributed by atoms with Crippen molar-refractivity contribution in [3.05, 3.63) is 24.2 Å². The Kier molecular flexibility index (Phi) is 6.65. The lowest BCUT2D eigenvalue weighted by molar-refractivity contribution is -0.125. The molecule has 1 atom stereocenters. The molecule has 7 heteroatoms. The zero-order valence-electron chi connectivity index (χ0n) is 13.9. The maximum atomic E-state index is 12.2. The number of halogens is 1. The molecule has 1 aliphatic rings. The highest BCUT2D eigenvalue weighted by Crippen LogP contribution is 2.19. The van der Waals surface area contributed by atoms with Gasteiger partial charge in [0.15, 0.2) is 0 Å². The minimum atomic E-state index is -0.530. The summed E-state index contributed by atoms with van der Waals surface area (Å²) in [5.74, 6) is -0.142. The fraction of sp³-hybridized carbons (Fsp3) is 0.625. The van der Waals surface area contributed by atoms with E-state index in [1.165, 1.54) is 12.5 Å². The van der Waals surface area contributed by atoms with Gasteiger partial charge < -0.3 is 20.4 Å². The van der Waals surface area contributed by atoms with Gasteiger partial charge in [-0.15, -0.1) is 12.4 Å². The summed E-state index contributed by atoms with van der Waals surface area (Å²) in [7, 11) is 0. The van der Waals surface area contributed by atoms with E-state index in [2.05, 4.69) is 5.32 Å². The van der Waals surface area contributed by atoms with Crippen LogP contribution in [0.2, 0.25) is 0 Å². The molecule has 0 unspecified atom stereocenters. The van der Waals surface area contributed by atoms with Crippen LogP contribution < -0.4 is 11.1 Å². The third-order valence-electron chi connectivity index (χ3n) is 4.11. The number of likely N-dealkylation sites (tertiary alicyclic amines) is 1. The van der Waals surface area contributed by atoms with Crippen molar-refractivity contribution in [1.29, 1.82) is 0 Å². The van der Waals surface area contributed by atoms with Crippen LogP contribution in [0.15, 0.2) is 23.0 Å². The number of carbonyl (C=O) groups excluding carboxylic acids is 2. The van der Waals surface area contributed by atoms with Crippen molar-refractivity contribution in [2.24, 2.45) is 11.1 Å². The summed E-state index contributed by atoms with van der Waals surface area (Å²) >= 11 is 0. The van der Waals surface area contributed by atoms with Gasteiger partial charge in [-0.25, -0.2) is 0 Å². The van der Waals surface area contributed by atoms with Crippen LogP contribution in [0, 0.1) is 5.41 Å². The zero-order valence-corrected chi connectivity index (χ0v) is 14.7. The predicted octanol–water partition coefficient (Wildman–Crippen LogP) is 1.80. The molecule has 1 aromatic heterocycles. The average molecular weight is 344 g/mol. The Morgan fingerprint density at radius 2 is 1.96 bits per heavy atom. The molecule has 0 bridgehead atoms. The lowest BCUT2D eigenvalue weighted by atomic mass is 9.86. The Morgan fingerprint density at radius 3 is 2.43 bits per heavy atom. The second-order valence-corrected chi connectivity index (χ2v) is 6.93. The average Bonchev–Trinajstić information content (AvgIpc) is 2.99.